The fraction of sp³-hybridized carbons (Fsp3) is 0.833. The van der Waals surface area contributed by atoms with E-state index in [9.17, 15) is 9.59 Å². The molecule has 1 aliphatic heterocycles. The summed E-state index contributed by atoms with van der Waals surface area (Å²) in [6.45, 7) is 1.35. The number of aliphatic hydroxyl groups is 1. The van der Waals surface area contributed by atoms with Crippen LogP contribution in [0.2, 0.25) is 0 Å². The Bertz CT molecular complexity index is 326. The SMILES string of the molecule is CN1CC(C(=O)NCC2(CCO)CC2)CC1=O. The summed E-state index contributed by atoms with van der Waals surface area (Å²) in [6, 6.07) is 0. The van der Waals surface area contributed by atoms with Crippen LogP contribution in [-0.2, 0) is 9.59 Å². The maximum absolute atomic E-state index is 11.9. The van der Waals surface area contributed by atoms with E-state index in [2.05, 4.69) is 5.32 Å². The molecule has 2 aliphatic rings. The highest BCUT2D eigenvalue weighted by Crippen LogP contribution is 2.47. The van der Waals surface area contributed by atoms with Crippen molar-refractivity contribution in [2.24, 2.45) is 11.3 Å². The third-order valence-electron chi connectivity index (χ3n) is 3.95. The fourth-order valence-electron chi connectivity index (χ4n) is 2.39. The number of amides is 2. The van der Waals surface area contributed by atoms with Crippen molar-refractivity contribution in [2.45, 2.75) is 25.7 Å². The molecule has 0 aromatic carbocycles. The van der Waals surface area contributed by atoms with Crippen molar-refractivity contribution in [2.75, 3.05) is 26.7 Å². The number of carbonyl (C=O) groups is 2. The van der Waals surface area contributed by atoms with Crippen molar-refractivity contribution in [3.63, 3.8) is 0 Å². The molecule has 5 heteroatoms. The molecule has 96 valence electrons. The summed E-state index contributed by atoms with van der Waals surface area (Å²) in [5.41, 5.74) is 0.138. The van der Waals surface area contributed by atoms with Crippen LogP contribution in [0, 0.1) is 11.3 Å². The first-order chi connectivity index (χ1) is 8.06. The van der Waals surface area contributed by atoms with E-state index in [1.807, 2.05) is 0 Å². The zero-order valence-electron chi connectivity index (χ0n) is 10.2. The largest absolute Gasteiger partial charge is 0.396 e. The Morgan fingerprint density at radius 2 is 2.29 bits per heavy atom. The van der Waals surface area contributed by atoms with Crippen molar-refractivity contribution in [1.29, 1.82) is 0 Å². The van der Waals surface area contributed by atoms with Gasteiger partial charge in [0, 0.05) is 33.2 Å². The van der Waals surface area contributed by atoms with Gasteiger partial charge in [-0.3, -0.25) is 9.59 Å². The van der Waals surface area contributed by atoms with Crippen LogP contribution < -0.4 is 5.32 Å². The fourth-order valence-corrected chi connectivity index (χ4v) is 2.39. The third-order valence-corrected chi connectivity index (χ3v) is 3.95. The van der Waals surface area contributed by atoms with Crippen molar-refractivity contribution in [3.8, 4) is 0 Å². The summed E-state index contributed by atoms with van der Waals surface area (Å²) >= 11 is 0. The molecular formula is C12H20N2O3. The molecule has 1 saturated carbocycles. The van der Waals surface area contributed by atoms with Gasteiger partial charge in [0.05, 0.1) is 5.92 Å². The van der Waals surface area contributed by atoms with Gasteiger partial charge in [-0.25, -0.2) is 0 Å². The molecule has 1 atom stereocenters. The summed E-state index contributed by atoms with van der Waals surface area (Å²) in [6.07, 6.45) is 3.25. The molecule has 5 nitrogen and oxygen atoms in total. The molecule has 0 radical (unpaired) electrons. The summed E-state index contributed by atoms with van der Waals surface area (Å²) in [4.78, 5) is 24.8. The van der Waals surface area contributed by atoms with Gasteiger partial charge in [0.25, 0.3) is 0 Å². The van der Waals surface area contributed by atoms with Gasteiger partial charge in [-0.2, -0.15) is 0 Å². The van der Waals surface area contributed by atoms with Crippen LogP contribution in [0.5, 0.6) is 0 Å². The number of aliphatic hydroxyl groups excluding tert-OH is 1. The van der Waals surface area contributed by atoms with Crippen LogP contribution in [0.25, 0.3) is 0 Å². The molecule has 1 aliphatic carbocycles. The monoisotopic (exact) mass is 240 g/mol. The van der Waals surface area contributed by atoms with E-state index in [0.717, 1.165) is 19.3 Å². The van der Waals surface area contributed by atoms with Crippen molar-refractivity contribution >= 4 is 11.8 Å². The van der Waals surface area contributed by atoms with E-state index < -0.39 is 0 Å². The number of nitrogens with one attached hydrogen (secondary N) is 1. The van der Waals surface area contributed by atoms with E-state index in [0.29, 0.717) is 19.5 Å². The number of rotatable bonds is 5. The van der Waals surface area contributed by atoms with E-state index >= 15 is 0 Å². The number of carbonyl (C=O) groups excluding carboxylic acids is 2. The first-order valence-corrected chi connectivity index (χ1v) is 6.19. The number of nitrogens with zero attached hydrogens (tertiary/aromatic N) is 1. The molecule has 17 heavy (non-hydrogen) atoms. The zero-order valence-corrected chi connectivity index (χ0v) is 10.2. The van der Waals surface area contributed by atoms with E-state index in [4.69, 9.17) is 5.11 Å². The Morgan fingerprint density at radius 3 is 2.76 bits per heavy atom. The maximum atomic E-state index is 11.9. The summed E-state index contributed by atoms with van der Waals surface area (Å²) in [5.74, 6) is -0.175. The smallest absolute Gasteiger partial charge is 0.225 e. The van der Waals surface area contributed by atoms with Crippen LogP contribution >= 0.6 is 0 Å². The Hall–Kier alpha value is -1.10. The van der Waals surface area contributed by atoms with Crippen molar-refractivity contribution in [3.05, 3.63) is 0 Å². The van der Waals surface area contributed by atoms with Crippen LogP contribution in [0.1, 0.15) is 25.7 Å². The van der Waals surface area contributed by atoms with Crippen LogP contribution in [-0.4, -0.2) is 48.6 Å². The summed E-state index contributed by atoms with van der Waals surface area (Å²) in [5, 5.41) is 11.8. The summed E-state index contributed by atoms with van der Waals surface area (Å²) in [7, 11) is 1.73. The predicted molar refractivity (Wildman–Crippen MR) is 62.1 cm³/mol. The lowest BCUT2D eigenvalue weighted by molar-refractivity contribution is -0.128. The van der Waals surface area contributed by atoms with Gasteiger partial charge in [-0.1, -0.05) is 0 Å². The van der Waals surface area contributed by atoms with Crippen LogP contribution in [0.4, 0.5) is 0 Å². The Kier molecular flexibility index (Phi) is 3.38. The van der Waals surface area contributed by atoms with Gasteiger partial charge in [-0.15, -0.1) is 0 Å². The average Bonchev–Trinajstić information content (AvgIpc) is 2.97. The lowest BCUT2D eigenvalue weighted by atomic mass is 10.0. The average molecular weight is 240 g/mol. The molecule has 0 spiro atoms. The van der Waals surface area contributed by atoms with Gasteiger partial charge in [0.15, 0.2) is 0 Å². The second kappa shape index (κ2) is 4.64. The molecular weight excluding hydrogens is 220 g/mol. The Balaban J connectivity index is 1.77. The molecule has 0 bridgehead atoms. The molecule has 1 heterocycles. The second-order valence-electron chi connectivity index (χ2n) is 5.37. The Morgan fingerprint density at radius 1 is 1.59 bits per heavy atom. The minimum atomic E-state index is -0.197. The topological polar surface area (TPSA) is 69.6 Å². The molecule has 2 N–H and O–H groups in total. The van der Waals surface area contributed by atoms with Crippen LogP contribution in [0.15, 0.2) is 0 Å². The molecule has 1 unspecified atom stereocenters. The Labute approximate surface area is 101 Å². The quantitative estimate of drug-likeness (QED) is 0.696. The highest BCUT2D eigenvalue weighted by Gasteiger charge is 2.42. The minimum Gasteiger partial charge on any atom is -0.396 e. The van der Waals surface area contributed by atoms with Gasteiger partial charge in [-0.05, 0) is 24.7 Å². The lowest BCUT2D eigenvalue weighted by Crippen LogP contribution is -2.36. The van der Waals surface area contributed by atoms with Crippen molar-refractivity contribution < 1.29 is 14.7 Å². The summed E-state index contributed by atoms with van der Waals surface area (Å²) < 4.78 is 0. The van der Waals surface area contributed by atoms with E-state index in [1.54, 1.807) is 11.9 Å². The predicted octanol–water partition coefficient (Wildman–Crippen LogP) is -0.257. The normalized spacial score (nSPS) is 26.1. The number of hydrogen-bond acceptors (Lipinski definition) is 3. The number of likely N-dealkylation sites (tertiary alicyclic amines) is 1. The molecule has 1 saturated heterocycles. The van der Waals surface area contributed by atoms with Gasteiger partial charge < -0.3 is 15.3 Å². The second-order valence-corrected chi connectivity index (χ2v) is 5.37. The zero-order chi connectivity index (χ0) is 12.5. The van der Waals surface area contributed by atoms with E-state index in [1.165, 1.54) is 0 Å². The van der Waals surface area contributed by atoms with Gasteiger partial charge in [0.2, 0.25) is 11.8 Å². The highest BCUT2D eigenvalue weighted by atomic mass is 16.3. The van der Waals surface area contributed by atoms with E-state index in [-0.39, 0.29) is 29.8 Å². The molecule has 2 rings (SSSR count). The lowest BCUT2D eigenvalue weighted by Gasteiger charge is -2.16. The maximum Gasteiger partial charge on any atom is 0.225 e. The molecule has 2 fully saturated rings. The first kappa shape index (κ1) is 12.4. The molecule has 0 aromatic heterocycles. The standard InChI is InChI=1S/C12H20N2O3/c1-14-7-9(6-10(14)16)11(17)13-8-12(2-3-12)4-5-15/h9,15H,2-8H2,1H3,(H,13,17). The minimum absolute atomic E-state index is 0.0214. The molecule has 0 aromatic rings. The third kappa shape index (κ3) is 2.77. The van der Waals surface area contributed by atoms with Crippen molar-refractivity contribution in [1.82, 2.24) is 10.2 Å². The van der Waals surface area contributed by atoms with Gasteiger partial charge in [0.1, 0.15) is 0 Å². The molecule has 2 amide bonds. The first-order valence-electron chi connectivity index (χ1n) is 6.19. The van der Waals surface area contributed by atoms with Gasteiger partial charge >= 0.3 is 0 Å². The number of hydrogen-bond donors (Lipinski definition) is 2. The highest BCUT2D eigenvalue weighted by molar-refractivity contribution is 5.89. The van der Waals surface area contributed by atoms with Crippen LogP contribution in [0.3, 0.4) is 0 Å².